The van der Waals surface area contributed by atoms with E-state index in [4.69, 9.17) is 0 Å². The number of para-hydroxylation sites is 1. The second-order valence-corrected chi connectivity index (χ2v) is 8.24. The first-order chi connectivity index (χ1) is 13.7. The molecule has 3 aromatic rings. The number of aryl methyl sites for hydroxylation is 1. The van der Waals surface area contributed by atoms with E-state index in [9.17, 15) is 4.79 Å². The summed E-state index contributed by atoms with van der Waals surface area (Å²) in [5.41, 5.74) is 6.19. The van der Waals surface area contributed by atoms with E-state index < -0.39 is 0 Å². The lowest BCUT2D eigenvalue weighted by Gasteiger charge is -2.26. The molecule has 0 spiro atoms. The predicted octanol–water partition coefficient (Wildman–Crippen LogP) is 5.08. The highest BCUT2D eigenvalue weighted by Gasteiger charge is 2.43. The number of nitrogens with one attached hydrogen (secondary N) is 1. The minimum atomic E-state index is 0.226. The Labute approximate surface area is 166 Å². The van der Waals surface area contributed by atoms with Crippen LogP contribution < -0.4 is 0 Å². The van der Waals surface area contributed by atoms with Gasteiger partial charge in [0, 0.05) is 53.3 Å². The molecule has 3 nitrogen and oxygen atoms in total. The molecule has 5 rings (SSSR count). The van der Waals surface area contributed by atoms with E-state index in [1.54, 1.807) is 0 Å². The molecule has 3 heteroatoms. The average Bonchev–Trinajstić information content (AvgIpc) is 3.41. The van der Waals surface area contributed by atoms with Crippen molar-refractivity contribution in [3.63, 3.8) is 0 Å². The van der Waals surface area contributed by atoms with Crippen molar-refractivity contribution in [3.05, 3.63) is 77.5 Å². The van der Waals surface area contributed by atoms with E-state index in [1.165, 1.54) is 27.7 Å². The van der Waals surface area contributed by atoms with Gasteiger partial charge in [-0.2, -0.15) is 0 Å². The highest BCUT2D eigenvalue weighted by molar-refractivity contribution is 5.99. The zero-order chi connectivity index (χ0) is 19.1. The second-order valence-electron chi connectivity index (χ2n) is 8.24. The topological polar surface area (TPSA) is 36.1 Å². The van der Waals surface area contributed by atoms with Crippen LogP contribution >= 0.6 is 0 Å². The van der Waals surface area contributed by atoms with Gasteiger partial charge in [0.15, 0.2) is 5.78 Å². The number of hydrogen-bond acceptors (Lipinski definition) is 2. The summed E-state index contributed by atoms with van der Waals surface area (Å²) in [4.78, 5) is 18.6. The van der Waals surface area contributed by atoms with Crippen LogP contribution in [-0.2, 0) is 0 Å². The van der Waals surface area contributed by atoms with Crippen molar-refractivity contribution in [2.45, 2.75) is 19.8 Å². The fourth-order valence-corrected chi connectivity index (χ4v) is 4.71. The van der Waals surface area contributed by atoms with Crippen molar-refractivity contribution in [2.24, 2.45) is 11.8 Å². The lowest BCUT2D eigenvalue weighted by molar-refractivity contribution is 0.0957. The van der Waals surface area contributed by atoms with Crippen LogP contribution in [-0.4, -0.2) is 35.3 Å². The van der Waals surface area contributed by atoms with E-state index in [-0.39, 0.29) is 5.92 Å². The van der Waals surface area contributed by atoms with Crippen molar-refractivity contribution < 1.29 is 4.79 Å². The van der Waals surface area contributed by atoms with Crippen LogP contribution in [0, 0.1) is 18.8 Å². The molecule has 28 heavy (non-hydrogen) atoms. The second kappa shape index (κ2) is 7.06. The Balaban J connectivity index is 1.23. The van der Waals surface area contributed by atoms with Crippen molar-refractivity contribution in [3.8, 4) is 0 Å². The molecule has 1 aliphatic carbocycles. The Morgan fingerprint density at radius 3 is 2.68 bits per heavy atom. The maximum Gasteiger partial charge on any atom is 0.166 e. The molecule has 0 radical (unpaired) electrons. The summed E-state index contributed by atoms with van der Waals surface area (Å²) in [5, 5.41) is 1.33. The number of benzene rings is 2. The molecule has 2 aliphatic rings. The highest BCUT2D eigenvalue weighted by Crippen LogP contribution is 2.42. The third-order valence-corrected chi connectivity index (χ3v) is 6.32. The lowest BCUT2D eigenvalue weighted by Crippen LogP contribution is -2.31. The van der Waals surface area contributed by atoms with Gasteiger partial charge in [-0.15, -0.1) is 0 Å². The van der Waals surface area contributed by atoms with Crippen LogP contribution in [0.4, 0.5) is 0 Å². The molecule has 2 atom stereocenters. The van der Waals surface area contributed by atoms with Crippen LogP contribution in [0.15, 0.2) is 60.7 Å². The van der Waals surface area contributed by atoms with Crippen LogP contribution in [0.2, 0.25) is 0 Å². The minimum Gasteiger partial charge on any atom is -0.358 e. The van der Waals surface area contributed by atoms with Gasteiger partial charge in [-0.25, -0.2) is 0 Å². The molecule has 1 aliphatic heterocycles. The van der Waals surface area contributed by atoms with Gasteiger partial charge >= 0.3 is 0 Å². The van der Waals surface area contributed by atoms with Gasteiger partial charge < -0.3 is 4.98 Å². The van der Waals surface area contributed by atoms with Crippen molar-refractivity contribution in [2.75, 3.05) is 19.6 Å². The summed E-state index contributed by atoms with van der Waals surface area (Å²) in [6, 6.07) is 18.3. The van der Waals surface area contributed by atoms with E-state index in [0.29, 0.717) is 11.7 Å². The number of ketones is 1. The largest absolute Gasteiger partial charge is 0.358 e. The number of fused-ring (bicyclic) bond motifs is 1. The van der Waals surface area contributed by atoms with Gasteiger partial charge in [-0.3, -0.25) is 9.69 Å². The Hall–Kier alpha value is -2.65. The van der Waals surface area contributed by atoms with Crippen LogP contribution in [0.1, 0.15) is 34.5 Å². The number of nitrogens with zero attached hydrogens (tertiary/aromatic N) is 1. The maximum atomic E-state index is 12.6. The number of carbonyl (C=O) groups excluding carboxylic acids is 1. The Bertz CT molecular complexity index is 1050. The zero-order valence-electron chi connectivity index (χ0n) is 16.3. The van der Waals surface area contributed by atoms with Gasteiger partial charge in [0.25, 0.3) is 0 Å². The molecule has 2 heterocycles. The molecule has 1 aromatic heterocycles. The first-order valence-electron chi connectivity index (χ1n) is 10.3. The summed E-state index contributed by atoms with van der Waals surface area (Å²) in [7, 11) is 0. The fraction of sp³-hybridized carbons (Fsp3) is 0.320. The summed E-state index contributed by atoms with van der Waals surface area (Å²) >= 11 is 0. The number of rotatable bonds is 5. The molecule has 142 valence electrons. The smallest absolute Gasteiger partial charge is 0.166 e. The average molecular weight is 370 g/mol. The number of aromatic amines is 1. The number of aromatic nitrogens is 1. The summed E-state index contributed by atoms with van der Waals surface area (Å²) in [5.74, 6) is 1.08. The fourth-order valence-electron chi connectivity index (χ4n) is 4.71. The SMILES string of the molecule is Cc1[nH]c2ccccc2c1C1=CCN(C[C@H]2C[C@@H]2C(=O)c2ccccc2)CC1. The molecular formula is C25H26N2O. The predicted molar refractivity (Wildman–Crippen MR) is 114 cm³/mol. The van der Waals surface area contributed by atoms with Crippen LogP contribution in [0.3, 0.4) is 0 Å². The van der Waals surface area contributed by atoms with Gasteiger partial charge in [0.2, 0.25) is 0 Å². The number of Topliss-reactive ketones (excluding diaryl/α,β-unsaturated/α-hetero) is 1. The molecule has 1 saturated carbocycles. The van der Waals surface area contributed by atoms with Gasteiger partial charge in [-0.05, 0) is 37.3 Å². The summed E-state index contributed by atoms with van der Waals surface area (Å²) < 4.78 is 0. The normalized spacial score (nSPS) is 22.2. The zero-order valence-corrected chi connectivity index (χ0v) is 16.3. The van der Waals surface area contributed by atoms with E-state index in [2.05, 4.69) is 47.1 Å². The Kier molecular flexibility index (Phi) is 4.40. The third kappa shape index (κ3) is 3.20. The molecule has 1 N–H and O–H groups in total. The van der Waals surface area contributed by atoms with E-state index >= 15 is 0 Å². The lowest BCUT2D eigenvalue weighted by atomic mass is 9.96. The summed E-state index contributed by atoms with van der Waals surface area (Å²) in [6.07, 6.45) is 4.51. The van der Waals surface area contributed by atoms with Crippen LogP contribution in [0.25, 0.3) is 16.5 Å². The van der Waals surface area contributed by atoms with Gasteiger partial charge in [-0.1, -0.05) is 54.6 Å². The standard InChI is InChI=1S/C25H26N2O/c1-17-24(21-9-5-6-10-23(21)26-17)18-11-13-27(14-12-18)16-20-15-22(20)25(28)19-7-3-2-4-8-19/h2-11,20,22,26H,12-16H2,1H3/t20-,22+/m1/s1. The van der Waals surface area contributed by atoms with Crippen molar-refractivity contribution >= 4 is 22.3 Å². The minimum absolute atomic E-state index is 0.226. The van der Waals surface area contributed by atoms with Crippen LogP contribution in [0.5, 0.6) is 0 Å². The summed E-state index contributed by atoms with van der Waals surface area (Å²) in [6.45, 7) is 5.27. The first-order valence-corrected chi connectivity index (χ1v) is 10.3. The monoisotopic (exact) mass is 370 g/mol. The molecule has 0 saturated heterocycles. The quantitative estimate of drug-likeness (QED) is 0.636. The first kappa shape index (κ1) is 17.4. The number of carbonyl (C=O) groups is 1. The molecular weight excluding hydrogens is 344 g/mol. The van der Waals surface area contributed by atoms with Gasteiger partial charge in [0.05, 0.1) is 0 Å². The maximum absolute atomic E-state index is 12.6. The molecule has 0 bridgehead atoms. The van der Waals surface area contributed by atoms with Crippen molar-refractivity contribution in [1.82, 2.24) is 9.88 Å². The third-order valence-electron chi connectivity index (χ3n) is 6.32. The molecule has 0 amide bonds. The molecule has 1 fully saturated rings. The number of H-pyrrole nitrogens is 1. The van der Waals surface area contributed by atoms with Crippen molar-refractivity contribution in [1.29, 1.82) is 0 Å². The highest BCUT2D eigenvalue weighted by atomic mass is 16.1. The van der Waals surface area contributed by atoms with Gasteiger partial charge in [0.1, 0.15) is 0 Å². The Morgan fingerprint density at radius 2 is 1.89 bits per heavy atom. The van der Waals surface area contributed by atoms with E-state index in [1.807, 2.05) is 30.3 Å². The molecule has 2 aromatic carbocycles. The Morgan fingerprint density at radius 1 is 1.11 bits per heavy atom. The number of hydrogen-bond donors (Lipinski definition) is 1. The molecule has 0 unspecified atom stereocenters. The van der Waals surface area contributed by atoms with E-state index in [0.717, 1.165) is 38.0 Å².